The third kappa shape index (κ3) is 5.33. The first-order valence-corrected chi connectivity index (χ1v) is 9.75. The molecule has 2 aromatic carbocycles. The Balaban J connectivity index is 2.30. The lowest BCUT2D eigenvalue weighted by Gasteiger charge is -2.13. The van der Waals surface area contributed by atoms with Gasteiger partial charge in [0.25, 0.3) is 0 Å². The second-order valence-corrected chi connectivity index (χ2v) is 7.82. The van der Waals surface area contributed by atoms with E-state index in [1.807, 2.05) is 4.72 Å². The molecule has 0 aliphatic rings. The molecule has 1 unspecified atom stereocenters. The lowest BCUT2D eigenvalue weighted by atomic mass is 9.96. The van der Waals surface area contributed by atoms with Crippen LogP contribution in [0.1, 0.15) is 25.3 Å². The Labute approximate surface area is 155 Å². The van der Waals surface area contributed by atoms with Crippen molar-refractivity contribution in [2.24, 2.45) is 0 Å². The van der Waals surface area contributed by atoms with Gasteiger partial charge in [0.2, 0.25) is 21.8 Å². The molecule has 0 fully saturated rings. The van der Waals surface area contributed by atoms with Gasteiger partial charge in [0.15, 0.2) is 0 Å². The molecule has 27 heavy (non-hydrogen) atoms. The molecule has 0 bridgehead atoms. The molecule has 2 N–H and O–H groups in total. The second kappa shape index (κ2) is 7.83. The number of amides is 2. The zero-order valence-electron chi connectivity index (χ0n) is 14.8. The van der Waals surface area contributed by atoms with Crippen molar-refractivity contribution in [3.8, 4) is 11.1 Å². The summed E-state index contributed by atoms with van der Waals surface area (Å²) in [6.45, 7) is 2.68. The lowest BCUT2D eigenvalue weighted by molar-refractivity contribution is -0.120. The standard InChI is InChI=1S/C18H18F2N2O4S/c1-10(18(24)22-27(3,25)26)12-4-6-14(15(19)8-12)13-5-7-17(16(20)9-13)21-11(2)23/h4-10H,1-3H3,(H,21,23)(H,22,24). The van der Waals surface area contributed by atoms with Crippen molar-refractivity contribution >= 4 is 27.5 Å². The van der Waals surface area contributed by atoms with Crippen LogP contribution in [-0.2, 0) is 19.6 Å². The quantitative estimate of drug-likeness (QED) is 0.813. The molecular formula is C18H18F2N2O4S. The molecule has 0 radical (unpaired) electrons. The number of halogens is 2. The zero-order chi connectivity index (χ0) is 20.4. The van der Waals surface area contributed by atoms with Crippen molar-refractivity contribution in [3.63, 3.8) is 0 Å². The summed E-state index contributed by atoms with van der Waals surface area (Å²) in [5, 5.41) is 2.32. The first kappa shape index (κ1) is 20.5. The van der Waals surface area contributed by atoms with Crippen molar-refractivity contribution in [3.05, 3.63) is 53.6 Å². The molecule has 2 rings (SSSR count). The predicted octanol–water partition coefficient (Wildman–Crippen LogP) is 2.77. The topological polar surface area (TPSA) is 92.3 Å². The minimum atomic E-state index is -3.72. The van der Waals surface area contributed by atoms with E-state index in [1.165, 1.54) is 38.1 Å². The molecule has 144 valence electrons. The number of sulfonamides is 1. The maximum Gasteiger partial charge on any atom is 0.240 e. The van der Waals surface area contributed by atoms with Crippen LogP contribution in [0.15, 0.2) is 36.4 Å². The normalized spacial score (nSPS) is 12.3. The number of carbonyl (C=O) groups is 2. The Kier molecular flexibility index (Phi) is 5.94. The van der Waals surface area contributed by atoms with Gasteiger partial charge in [-0.05, 0) is 36.2 Å². The van der Waals surface area contributed by atoms with Gasteiger partial charge in [-0.3, -0.25) is 14.3 Å². The van der Waals surface area contributed by atoms with Crippen LogP contribution in [0.5, 0.6) is 0 Å². The van der Waals surface area contributed by atoms with Gasteiger partial charge in [0, 0.05) is 12.5 Å². The minimum absolute atomic E-state index is 0.0191. The van der Waals surface area contributed by atoms with Gasteiger partial charge in [-0.25, -0.2) is 17.2 Å². The van der Waals surface area contributed by atoms with Crippen LogP contribution in [0.2, 0.25) is 0 Å². The highest BCUT2D eigenvalue weighted by molar-refractivity contribution is 7.89. The molecule has 1 atom stereocenters. The molecule has 0 aliphatic heterocycles. The van der Waals surface area contributed by atoms with E-state index in [4.69, 9.17) is 0 Å². The fourth-order valence-electron chi connectivity index (χ4n) is 2.43. The maximum atomic E-state index is 14.5. The SMILES string of the molecule is CC(=O)Nc1ccc(-c2ccc(C(C)C(=O)NS(C)(=O)=O)cc2F)cc1F. The molecule has 9 heteroatoms. The Morgan fingerprint density at radius 3 is 2.22 bits per heavy atom. The van der Waals surface area contributed by atoms with Crippen molar-refractivity contribution in [2.45, 2.75) is 19.8 Å². The van der Waals surface area contributed by atoms with E-state index < -0.39 is 39.4 Å². The van der Waals surface area contributed by atoms with Crippen molar-refractivity contribution < 1.29 is 26.8 Å². The highest BCUT2D eigenvalue weighted by Gasteiger charge is 2.20. The first-order valence-electron chi connectivity index (χ1n) is 7.86. The highest BCUT2D eigenvalue weighted by atomic mass is 32.2. The lowest BCUT2D eigenvalue weighted by Crippen LogP contribution is -2.32. The summed E-state index contributed by atoms with van der Waals surface area (Å²) in [5.74, 6) is -3.53. The number of nitrogens with one attached hydrogen (secondary N) is 2. The zero-order valence-corrected chi connectivity index (χ0v) is 15.7. The first-order chi connectivity index (χ1) is 12.5. The number of anilines is 1. The number of hydrogen-bond donors (Lipinski definition) is 2. The number of rotatable bonds is 5. The Morgan fingerprint density at radius 1 is 1.04 bits per heavy atom. The van der Waals surface area contributed by atoms with E-state index in [-0.39, 0.29) is 22.4 Å². The van der Waals surface area contributed by atoms with Gasteiger partial charge in [-0.1, -0.05) is 18.2 Å². The summed E-state index contributed by atoms with van der Waals surface area (Å²) in [5.41, 5.74) is 0.601. The minimum Gasteiger partial charge on any atom is -0.324 e. The summed E-state index contributed by atoms with van der Waals surface area (Å²) in [4.78, 5) is 22.9. The van der Waals surface area contributed by atoms with Crippen molar-refractivity contribution in [1.29, 1.82) is 0 Å². The molecule has 0 heterocycles. The predicted molar refractivity (Wildman–Crippen MR) is 97.5 cm³/mol. The van der Waals surface area contributed by atoms with Gasteiger partial charge in [-0.2, -0.15) is 0 Å². The number of carbonyl (C=O) groups excluding carboxylic acids is 2. The van der Waals surface area contributed by atoms with E-state index >= 15 is 0 Å². The van der Waals surface area contributed by atoms with E-state index in [0.29, 0.717) is 0 Å². The van der Waals surface area contributed by atoms with Crippen LogP contribution in [0, 0.1) is 11.6 Å². The smallest absolute Gasteiger partial charge is 0.240 e. The number of benzene rings is 2. The summed E-state index contributed by atoms with van der Waals surface area (Å²) in [7, 11) is -3.72. The van der Waals surface area contributed by atoms with Gasteiger partial charge in [0.1, 0.15) is 11.6 Å². The van der Waals surface area contributed by atoms with Crippen molar-refractivity contribution in [1.82, 2.24) is 4.72 Å². The van der Waals surface area contributed by atoms with Gasteiger partial charge in [-0.15, -0.1) is 0 Å². The number of hydrogen-bond acceptors (Lipinski definition) is 4. The fourth-order valence-corrected chi connectivity index (χ4v) is 2.97. The van der Waals surface area contributed by atoms with Gasteiger partial charge in [0.05, 0.1) is 17.9 Å². The molecule has 2 aromatic rings. The maximum absolute atomic E-state index is 14.5. The van der Waals surface area contributed by atoms with Crippen LogP contribution >= 0.6 is 0 Å². The van der Waals surface area contributed by atoms with Crippen LogP contribution in [0.4, 0.5) is 14.5 Å². The fraction of sp³-hybridized carbons (Fsp3) is 0.222. The van der Waals surface area contributed by atoms with Crippen LogP contribution in [-0.4, -0.2) is 26.5 Å². The molecule has 2 amide bonds. The summed E-state index contributed by atoms with van der Waals surface area (Å²) < 4.78 is 52.7. The average Bonchev–Trinajstić information content (AvgIpc) is 2.54. The second-order valence-electron chi connectivity index (χ2n) is 6.08. The summed E-state index contributed by atoms with van der Waals surface area (Å²) in [6, 6.07) is 7.80. The highest BCUT2D eigenvalue weighted by Crippen LogP contribution is 2.29. The molecule has 0 spiro atoms. The van der Waals surface area contributed by atoms with E-state index in [9.17, 15) is 26.8 Å². The van der Waals surface area contributed by atoms with Crippen LogP contribution in [0.3, 0.4) is 0 Å². The van der Waals surface area contributed by atoms with Gasteiger partial charge < -0.3 is 5.32 Å². The third-order valence-corrected chi connectivity index (χ3v) is 4.34. The van der Waals surface area contributed by atoms with Crippen LogP contribution in [0.25, 0.3) is 11.1 Å². The van der Waals surface area contributed by atoms with Crippen molar-refractivity contribution in [2.75, 3.05) is 11.6 Å². The Hall–Kier alpha value is -2.81. The van der Waals surface area contributed by atoms with E-state index in [0.717, 1.165) is 18.4 Å². The molecular weight excluding hydrogens is 378 g/mol. The molecule has 0 aliphatic carbocycles. The van der Waals surface area contributed by atoms with E-state index in [2.05, 4.69) is 5.32 Å². The van der Waals surface area contributed by atoms with E-state index in [1.54, 1.807) is 0 Å². The molecule has 6 nitrogen and oxygen atoms in total. The largest absolute Gasteiger partial charge is 0.324 e. The molecule has 0 saturated carbocycles. The molecule has 0 aromatic heterocycles. The van der Waals surface area contributed by atoms with Crippen LogP contribution < -0.4 is 10.0 Å². The average molecular weight is 396 g/mol. The Morgan fingerprint density at radius 2 is 1.70 bits per heavy atom. The monoisotopic (exact) mass is 396 g/mol. The Bertz CT molecular complexity index is 1010. The summed E-state index contributed by atoms with van der Waals surface area (Å²) >= 11 is 0. The van der Waals surface area contributed by atoms with Gasteiger partial charge >= 0.3 is 0 Å². The third-order valence-electron chi connectivity index (χ3n) is 3.76. The molecule has 0 saturated heterocycles. The summed E-state index contributed by atoms with van der Waals surface area (Å²) in [6.07, 6.45) is 0.848.